The Hall–Kier alpha value is -1.38. The van der Waals surface area contributed by atoms with Crippen LogP contribution in [0.5, 0.6) is 0 Å². The molecular formula is C14H20FNO. The number of amides is 1. The number of benzene rings is 1. The molecular weight excluding hydrogens is 217 g/mol. The molecule has 0 saturated heterocycles. The summed E-state index contributed by atoms with van der Waals surface area (Å²) in [5.74, 6) is -0.392. The van der Waals surface area contributed by atoms with E-state index in [-0.39, 0.29) is 11.7 Å². The summed E-state index contributed by atoms with van der Waals surface area (Å²) >= 11 is 0. The number of hydrogen-bond acceptors (Lipinski definition) is 1. The van der Waals surface area contributed by atoms with E-state index in [1.807, 2.05) is 12.1 Å². The highest BCUT2D eigenvalue weighted by molar-refractivity contribution is 5.73. The number of hydrogen-bond donors (Lipinski definition) is 1. The summed E-state index contributed by atoms with van der Waals surface area (Å²) in [6.45, 7) is 0. The van der Waals surface area contributed by atoms with Crippen molar-refractivity contribution < 1.29 is 9.18 Å². The summed E-state index contributed by atoms with van der Waals surface area (Å²) in [6.07, 6.45) is 6.85. The van der Waals surface area contributed by atoms with Crippen LogP contribution in [0, 0.1) is 5.82 Å². The molecule has 0 spiro atoms. The first-order valence-corrected chi connectivity index (χ1v) is 6.21. The van der Waals surface area contributed by atoms with Gasteiger partial charge in [0.05, 0.1) is 0 Å². The number of carbonyl (C=O) groups is 1. The Morgan fingerprint density at radius 1 is 1.00 bits per heavy atom. The van der Waals surface area contributed by atoms with Gasteiger partial charge in [0.1, 0.15) is 5.82 Å². The lowest BCUT2D eigenvalue weighted by Crippen LogP contribution is -2.09. The summed E-state index contributed by atoms with van der Waals surface area (Å²) < 4.78 is 12.6. The second-order valence-electron chi connectivity index (χ2n) is 4.36. The van der Waals surface area contributed by atoms with Crippen LogP contribution in [0.3, 0.4) is 0 Å². The van der Waals surface area contributed by atoms with Crippen LogP contribution in [-0.2, 0) is 11.2 Å². The molecule has 0 atom stereocenters. The Labute approximate surface area is 102 Å². The van der Waals surface area contributed by atoms with Crippen molar-refractivity contribution in [2.24, 2.45) is 5.73 Å². The lowest BCUT2D eigenvalue weighted by Gasteiger charge is -2.02. The van der Waals surface area contributed by atoms with Crippen LogP contribution in [0.1, 0.15) is 44.1 Å². The van der Waals surface area contributed by atoms with Gasteiger partial charge in [-0.15, -0.1) is 0 Å². The van der Waals surface area contributed by atoms with Crippen molar-refractivity contribution in [1.82, 2.24) is 0 Å². The summed E-state index contributed by atoms with van der Waals surface area (Å²) in [4.78, 5) is 10.5. The van der Waals surface area contributed by atoms with Crippen molar-refractivity contribution in [2.75, 3.05) is 0 Å². The number of rotatable bonds is 8. The minimum absolute atomic E-state index is 0.180. The number of aryl methyl sites for hydroxylation is 1. The summed E-state index contributed by atoms with van der Waals surface area (Å²) in [7, 11) is 0. The van der Waals surface area contributed by atoms with Gasteiger partial charge in [0.15, 0.2) is 0 Å². The quantitative estimate of drug-likeness (QED) is 0.693. The molecule has 0 heterocycles. The third kappa shape index (κ3) is 6.72. The number of unbranched alkanes of at least 4 members (excludes halogenated alkanes) is 4. The highest BCUT2D eigenvalue weighted by Gasteiger charge is 1.96. The molecule has 0 bridgehead atoms. The SMILES string of the molecule is NC(=O)CCCCCCCc1ccc(F)cc1. The molecule has 0 radical (unpaired) electrons. The van der Waals surface area contributed by atoms with Gasteiger partial charge in [-0.05, 0) is 37.0 Å². The van der Waals surface area contributed by atoms with Gasteiger partial charge in [-0.3, -0.25) is 4.79 Å². The van der Waals surface area contributed by atoms with E-state index in [0.29, 0.717) is 6.42 Å². The maximum absolute atomic E-state index is 12.6. The Morgan fingerprint density at radius 3 is 2.24 bits per heavy atom. The van der Waals surface area contributed by atoms with Crippen molar-refractivity contribution in [3.8, 4) is 0 Å². The topological polar surface area (TPSA) is 43.1 Å². The Kier molecular flexibility index (Phi) is 6.30. The van der Waals surface area contributed by atoms with Crippen LogP contribution in [0.25, 0.3) is 0 Å². The van der Waals surface area contributed by atoms with Gasteiger partial charge in [-0.1, -0.05) is 31.4 Å². The van der Waals surface area contributed by atoms with Gasteiger partial charge < -0.3 is 5.73 Å². The minimum atomic E-state index is -0.212. The predicted molar refractivity (Wildman–Crippen MR) is 67.0 cm³/mol. The summed E-state index contributed by atoms with van der Waals surface area (Å²) in [5.41, 5.74) is 6.24. The number of carbonyl (C=O) groups excluding carboxylic acids is 1. The van der Waals surface area contributed by atoms with Crippen LogP contribution in [-0.4, -0.2) is 5.91 Å². The number of halogens is 1. The molecule has 3 heteroatoms. The predicted octanol–water partition coefficient (Wildman–Crippen LogP) is 3.19. The van der Waals surface area contributed by atoms with E-state index in [9.17, 15) is 9.18 Å². The zero-order valence-electron chi connectivity index (χ0n) is 10.1. The Balaban J connectivity index is 2.01. The van der Waals surface area contributed by atoms with Gasteiger partial charge in [0.25, 0.3) is 0 Å². The van der Waals surface area contributed by atoms with E-state index in [1.54, 1.807) is 0 Å². The van der Waals surface area contributed by atoms with Crippen LogP contribution in [0.4, 0.5) is 4.39 Å². The third-order valence-corrected chi connectivity index (χ3v) is 2.80. The first-order chi connectivity index (χ1) is 8.18. The summed E-state index contributed by atoms with van der Waals surface area (Å²) in [6, 6.07) is 6.68. The van der Waals surface area contributed by atoms with Crippen molar-refractivity contribution >= 4 is 5.91 Å². The largest absolute Gasteiger partial charge is 0.370 e. The van der Waals surface area contributed by atoms with Crippen molar-refractivity contribution in [3.05, 3.63) is 35.6 Å². The summed E-state index contributed by atoms with van der Waals surface area (Å²) in [5, 5.41) is 0. The first-order valence-electron chi connectivity index (χ1n) is 6.21. The van der Waals surface area contributed by atoms with Gasteiger partial charge in [0.2, 0.25) is 5.91 Å². The molecule has 0 aliphatic heterocycles. The second kappa shape index (κ2) is 7.82. The molecule has 17 heavy (non-hydrogen) atoms. The highest BCUT2D eigenvalue weighted by Crippen LogP contribution is 2.10. The maximum Gasteiger partial charge on any atom is 0.217 e. The third-order valence-electron chi connectivity index (χ3n) is 2.80. The van der Waals surface area contributed by atoms with Crippen molar-refractivity contribution in [2.45, 2.75) is 44.9 Å². The fourth-order valence-corrected chi connectivity index (χ4v) is 1.81. The maximum atomic E-state index is 12.6. The zero-order valence-corrected chi connectivity index (χ0v) is 10.1. The fourth-order valence-electron chi connectivity index (χ4n) is 1.81. The molecule has 2 nitrogen and oxygen atoms in total. The van der Waals surface area contributed by atoms with Gasteiger partial charge in [-0.2, -0.15) is 0 Å². The molecule has 0 unspecified atom stereocenters. The highest BCUT2D eigenvalue weighted by atomic mass is 19.1. The van der Waals surface area contributed by atoms with Crippen LogP contribution >= 0.6 is 0 Å². The van der Waals surface area contributed by atoms with Crippen LogP contribution < -0.4 is 5.73 Å². The molecule has 1 rings (SSSR count). The van der Waals surface area contributed by atoms with Crippen molar-refractivity contribution in [3.63, 3.8) is 0 Å². The van der Waals surface area contributed by atoms with E-state index in [0.717, 1.165) is 38.5 Å². The van der Waals surface area contributed by atoms with Crippen molar-refractivity contribution in [1.29, 1.82) is 0 Å². The number of primary amides is 1. The van der Waals surface area contributed by atoms with E-state index in [2.05, 4.69) is 0 Å². The molecule has 0 saturated carbocycles. The van der Waals surface area contributed by atoms with E-state index in [4.69, 9.17) is 5.73 Å². The fraction of sp³-hybridized carbons (Fsp3) is 0.500. The Morgan fingerprint density at radius 2 is 1.59 bits per heavy atom. The average molecular weight is 237 g/mol. The molecule has 0 aromatic heterocycles. The average Bonchev–Trinajstić information content (AvgIpc) is 2.30. The van der Waals surface area contributed by atoms with E-state index < -0.39 is 0 Å². The van der Waals surface area contributed by atoms with Crippen LogP contribution in [0.2, 0.25) is 0 Å². The standard InChI is InChI=1S/C14H20FNO/c15-13-10-8-12(9-11-13)6-4-2-1-3-5-7-14(16)17/h8-11H,1-7H2,(H2,16,17). The normalized spacial score (nSPS) is 10.4. The Bertz CT molecular complexity index is 335. The second-order valence-corrected chi connectivity index (χ2v) is 4.36. The van der Waals surface area contributed by atoms with Gasteiger partial charge in [0, 0.05) is 6.42 Å². The van der Waals surface area contributed by atoms with E-state index in [1.165, 1.54) is 17.7 Å². The number of nitrogens with two attached hydrogens (primary N) is 1. The zero-order chi connectivity index (χ0) is 12.5. The minimum Gasteiger partial charge on any atom is -0.370 e. The lowest BCUT2D eigenvalue weighted by atomic mass is 10.0. The molecule has 1 aromatic rings. The molecule has 2 N–H and O–H groups in total. The van der Waals surface area contributed by atoms with Crippen LogP contribution in [0.15, 0.2) is 24.3 Å². The molecule has 0 aliphatic rings. The van der Waals surface area contributed by atoms with Gasteiger partial charge >= 0.3 is 0 Å². The molecule has 1 aromatic carbocycles. The van der Waals surface area contributed by atoms with E-state index >= 15 is 0 Å². The smallest absolute Gasteiger partial charge is 0.217 e. The molecule has 94 valence electrons. The first kappa shape index (κ1) is 13.7. The molecule has 0 aliphatic carbocycles. The lowest BCUT2D eigenvalue weighted by molar-refractivity contribution is -0.118. The molecule has 0 fully saturated rings. The molecule has 1 amide bonds. The monoisotopic (exact) mass is 237 g/mol. The van der Waals surface area contributed by atoms with Gasteiger partial charge in [-0.25, -0.2) is 4.39 Å².